The second kappa shape index (κ2) is 4.86. The zero-order valence-corrected chi connectivity index (χ0v) is 11.4. The molecule has 0 radical (unpaired) electrons. The number of rotatable bonds is 1. The maximum absolute atomic E-state index is 9.96. The average molecular weight is 256 g/mol. The molecule has 0 saturated carbocycles. The van der Waals surface area contributed by atoms with Crippen LogP contribution in [0.4, 0.5) is 0 Å². The van der Waals surface area contributed by atoms with E-state index in [9.17, 15) is 5.26 Å². The van der Waals surface area contributed by atoms with E-state index in [1.54, 1.807) is 0 Å². The molecule has 0 amide bonds. The predicted octanol–water partition coefficient (Wildman–Crippen LogP) is 2.92. The molecule has 0 aliphatic carbocycles. The van der Waals surface area contributed by atoms with Crippen LogP contribution in [0, 0.1) is 17.2 Å². The number of ether oxygens (including phenoxy) is 1. The second-order valence-electron chi connectivity index (χ2n) is 5.63. The third kappa shape index (κ3) is 1.82. The predicted molar refractivity (Wildman–Crippen MR) is 73.8 cm³/mol. The summed E-state index contributed by atoms with van der Waals surface area (Å²) in [6.07, 6.45) is 3.67. The van der Waals surface area contributed by atoms with Crippen molar-refractivity contribution in [3.8, 4) is 11.8 Å². The van der Waals surface area contributed by atoms with Gasteiger partial charge in [-0.2, -0.15) is 5.26 Å². The van der Waals surface area contributed by atoms with Crippen LogP contribution in [0.2, 0.25) is 0 Å². The maximum Gasteiger partial charge on any atom is 0.144 e. The Morgan fingerprint density at radius 2 is 2.00 bits per heavy atom. The van der Waals surface area contributed by atoms with Gasteiger partial charge in [-0.3, -0.25) is 4.90 Å². The van der Waals surface area contributed by atoms with Crippen molar-refractivity contribution in [2.75, 3.05) is 19.7 Å². The molecule has 100 valence electrons. The number of likely N-dealkylation sites (tertiary alicyclic amines) is 1. The Bertz CT molecular complexity index is 502. The van der Waals surface area contributed by atoms with E-state index in [4.69, 9.17) is 4.74 Å². The summed E-state index contributed by atoms with van der Waals surface area (Å²) < 4.78 is 5.81. The first-order chi connectivity index (χ1) is 9.29. The number of hydrogen-bond acceptors (Lipinski definition) is 3. The number of piperidine rings is 1. The van der Waals surface area contributed by atoms with Crippen molar-refractivity contribution in [2.24, 2.45) is 5.92 Å². The lowest BCUT2D eigenvalue weighted by Crippen LogP contribution is -2.54. The molecule has 0 N–H and O–H groups in total. The highest BCUT2D eigenvalue weighted by Crippen LogP contribution is 2.45. The van der Waals surface area contributed by atoms with E-state index in [1.807, 2.05) is 18.2 Å². The fraction of sp³-hybridized carbons (Fsp3) is 0.562. The van der Waals surface area contributed by atoms with Gasteiger partial charge in [0.1, 0.15) is 11.3 Å². The molecule has 1 fully saturated rings. The number of para-hydroxylation sites is 1. The zero-order valence-electron chi connectivity index (χ0n) is 11.4. The molecule has 3 nitrogen and oxygen atoms in total. The first-order valence-corrected chi connectivity index (χ1v) is 7.17. The number of fused-ring (bicyclic) bond motifs is 1. The van der Waals surface area contributed by atoms with Crippen LogP contribution < -0.4 is 4.74 Å². The lowest BCUT2D eigenvalue weighted by molar-refractivity contribution is 0.0238. The highest BCUT2D eigenvalue weighted by atomic mass is 16.5. The molecule has 1 aromatic carbocycles. The van der Waals surface area contributed by atoms with Crippen LogP contribution in [-0.2, 0) is 5.54 Å². The summed E-state index contributed by atoms with van der Waals surface area (Å²) in [6, 6.07) is 10.7. The van der Waals surface area contributed by atoms with Gasteiger partial charge in [0.2, 0.25) is 0 Å². The molecule has 0 aromatic heterocycles. The van der Waals surface area contributed by atoms with E-state index in [0.29, 0.717) is 6.61 Å². The molecule has 2 heterocycles. The molecule has 2 aliphatic rings. The molecule has 1 saturated heterocycles. The van der Waals surface area contributed by atoms with Crippen LogP contribution in [0.5, 0.6) is 5.75 Å². The first-order valence-electron chi connectivity index (χ1n) is 7.17. The van der Waals surface area contributed by atoms with E-state index in [0.717, 1.165) is 24.4 Å². The molecule has 3 rings (SSSR count). The minimum Gasteiger partial charge on any atom is -0.493 e. The molecule has 3 heteroatoms. The fourth-order valence-corrected chi connectivity index (χ4v) is 3.48. The third-order valence-corrected chi connectivity index (χ3v) is 4.53. The van der Waals surface area contributed by atoms with E-state index < -0.39 is 5.54 Å². The molecular weight excluding hydrogens is 236 g/mol. The van der Waals surface area contributed by atoms with E-state index >= 15 is 0 Å². The Labute approximate surface area is 114 Å². The second-order valence-corrected chi connectivity index (χ2v) is 5.63. The number of hydrogen-bond donors (Lipinski definition) is 0. The summed E-state index contributed by atoms with van der Waals surface area (Å²) in [6.45, 7) is 4.80. The van der Waals surface area contributed by atoms with Crippen molar-refractivity contribution < 1.29 is 4.74 Å². The van der Waals surface area contributed by atoms with Crippen LogP contribution in [0.1, 0.15) is 31.7 Å². The minimum atomic E-state index is -0.505. The molecule has 0 spiro atoms. The standard InChI is InChI=1S/C16H20N2O/c1-13-11-19-15-8-4-3-7-14(15)16(13,12-17)18-9-5-2-6-10-18/h3-4,7-8,13H,2,5-6,9-11H2,1H3. The Balaban J connectivity index is 2.10. The molecular formula is C16H20N2O. The summed E-state index contributed by atoms with van der Waals surface area (Å²) in [5.74, 6) is 1.08. The van der Waals surface area contributed by atoms with Gasteiger partial charge in [-0.05, 0) is 32.0 Å². The van der Waals surface area contributed by atoms with Gasteiger partial charge in [0.05, 0.1) is 12.7 Å². The molecule has 2 atom stereocenters. The fourth-order valence-electron chi connectivity index (χ4n) is 3.48. The molecule has 19 heavy (non-hydrogen) atoms. The first kappa shape index (κ1) is 12.5. The van der Waals surface area contributed by atoms with Crippen LogP contribution in [0.25, 0.3) is 0 Å². The number of nitrogens with zero attached hydrogens (tertiary/aromatic N) is 2. The lowest BCUT2D eigenvalue weighted by atomic mass is 9.76. The summed E-state index contributed by atoms with van der Waals surface area (Å²) in [4.78, 5) is 2.38. The van der Waals surface area contributed by atoms with Crippen molar-refractivity contribution in [3.05, 3.63) is 29.8 Å². The summed E-state index contributed by atoms with van der Waals surface area (Å²) >= 11 is 0. The van der Waals surface area contributed by atoms with E-state index in [2.05, 4.69) is 24.0 Å². The SMILES string of the molecule is CC1COc2ccccc2C1(C#N)N1CCCCC1. The Morgan fingerprint density at radius 3 is 2.74 bits per heavy atom. The van der Waals surface area contributed by atoms with Crippen LogP contribution >= 0.6 is 0 Å². The molecule has 2 unspecified atom stereocenters. The van der Waals surface area contributed by atoms with Gasteiger partial charge in [-0.15, -0.1) is 0 Å². The van der Waals surface area contributed by atoms with Gasteiger partial charge in [-0.25, -0.2) is 0 Å². The zero-order chi connectivity index (χ0) is 13.3. The monoisotopic (exact) mass is 256 g/mol. The molecule has 2 aliphatic heterocycles. The average Bonchev–Trinajstić information content (AvgIpc) is 2.48. The Hall–Kier alpha value is -1.53. The van der Waals surface area contributed by atoms with Crippen LogP contribution in [-0.4, -0.2) is 24.6 Å². The van der Waals surface area contributed by atoms with Crippen molar-refractivity contribution in [1.82, 2.24) is 4.90 Å². The summed E-state index contributed by atoms with van der Waals surface area (Å²) in [5.41, 5.74) is 0.549. The van der Waals surface area contributed by atoms with Gasteiger partial charge in [0.15, 0.2) is 0 Å². The van der Waals surface area contributed by atoms with Gasteiger partial charge in [0.25, 0.3) is 0 Å². The number of nitriles is 1. The smallest absolute Gasteiger partial charge is 0.144 e. The highest BCUT2D eigenvalue weighted by molar-refractivity contribution is 5.45. The van der Waals surface area contributed by atoms with Gasteiger partial charge in [-0.1, -0.05) is 31.5 Å². The largest absolute Gasteiger partial charge is 0.493 e. The van der Waals surface area contributed by atoms with Crippen molar-refractivity contribution >= 4 is 0 Å². The molecule has 1 aromatic rings. The Morgan fingerprint density at radius 1 is 1.26 bits per heavy atom. The minimum absolute atomic E-state index is 0.200. The number of benzene rings is 1. The maximum atomic E-state index is 9.96. The normalized spacial score (nSPS) is 31.1. The van der Waals surface area contributed by atoms with Crippen molar-refractivity contribution in [3.63, 3.8) is 0 Å². The van der Waals surface area contributed by atoms with E-state index in [-0.39, 0.29) is 5.92 Å². The quantitative estimate of drug-likeness (QED) is 0.775. The van der Waals surface area contributed by atoms with Gasteiger partial charge >= 0.3 is 0 Å². The highest BCUT2D eigenvalue weighted by Gasteiger charge is 2.48. The van der Waals surface area contributed by atoms with E-state index in [1.165, 1.54) is 19.3 Å². The van der Waals surface area contributed by atoms with Gasteiger partial charge < -0.3 is 4.74 Å². The van der Waals surface area contributed by atoms with Crippen molar-refractivity contribution in [1.29, 1.82) is 5.26 Å². The van der Waals surface area contributed by atoms with Crippen LogP contribution in [0.3, 0.4) is 0 Å². The van der Waals surface area contributed by atoms with Crippen LogP contribution in [0.15, 0.2) is 24.3 Å². The Kier molecular flexibility index (Phi) is 3.20. The molecule has 0 bridgehead atoms. The summed E-state index contributed by atoms with van der Waals surface area (Å²) in [7, 11) is 0. The van der Waals surface area contributed by atoms with Crippen molar-refractivity contribution in [2.45, 2.75) is 31.7 Å². The lowest BCUT2D eigenvalue weighted by Gasteiger charge is -2.47. The topological polar surface area (TPSA) is 36.3 Å². The van der Waals surface area contributed by atoms with Gasteiger partial charge in [0, 0.05) is 11.5 Å². The third-order valence-electron chi connectivity index (χ3n) is 4.53. The summed E-state index contributed by atoms with van der Waals surface area (Å²) in [5, 5.41) is 9.96.